The van der Waals surface area contributed by atoms with Gasteiger partial charge in [0.2, 0.25) is 0 Å². The minimum Gasteiger partial charge on any atom is -0.493 e. The topological polar surface area (TPSA) is 91.2 Å². The molecule has 0 saturated heterocycles. The third kappa shape index (κ3) is 3.79. The van der Waals surface area contributed by atoms with Gasteiger partial charge in [-0.3, -0.25) is 9.78 Å². The molecular weight excluding hydrogens is 394 g/mol. The van der Waals surface area contributed by atoms with Crippen LogP contribution in [-0.4, -0.2) is 45.2 Å². The molecule has 1 atom stereocenters. The number of methoxy groups -OCH3 is 1. The minimum atomic E-state index is -0.200. The van der Waals surface area contributed by atoms with E-state index in [9.17, 15) is 4.79 Å². The van der Waals surface area contributed by atoms with Gasteiger partial charge < -0.3 is 19.4 Å². The van der Waals surface area contributed by atoms with Crippen molar-refractivity contribution in [1.29, 1.82) is 0 Å². The van der Waals surface area contributed by atoms with Gasteiger partial charge in [0, 0.05) is 18.0 Å². The first-order valence-electron chi connectivity index (χ1n) is 10.0. The van der Waals surface area contributed by atoms with Gasteiger partial charge in [-0.05, 0) is 30.7 Å². The lowest BCUT2D eigenvalue weighted by atomic mass is 10.0. The van der Waals surface area contributed by atoms with Gasteiger partial charge in [0.25, 0.3) is 5.91 Å². The predicted molar refractivity (Wildman–Crippen MR) is 114 cm³/mol. The summed E-state index contributed by atoms with van der Waals surface area (Å²) in [5, 5.41) is 3.04. The zero-order valence-electron chi connectivity index (χ0n) is 17.0. The molecule has 4 heterocycles. The van der Waals surface area contributed by atoms with E-state index >= 15 is 0 Å². The van der Waals surface area contributed by atoms with Crippen molar-refractivity contribution in [2.24, 2.45) is 0 Å². The number of nitrogens with zero attached hydrogens (tertiary/aromatic N) is 4. The highest BCUT2D eigenvalue weighted by molar-refractivity contribution is 5.96. The quantitative estimate of drug-likeness (QED) is 0.539. The van der Waals surface area contributed by atoms with Gasteiger partial charge in [0.05, 0.1) is 37.3 Å². The molecule has 1 aliphatic heterocycles. The smallest absolute Gasteiger partial charge is 0.253 e. The van der Waals surface area contributed by atoms with Crippen LogP contribution in [0.3, 0.4) is 0 Å². The molecule has 1 amide bonds. The molecule has 1 aliphatic rings. The highest BCUT2D eigenvalue weighted by atomic mass is 16.5. The number of pyridine rings is 2. The molecule has 8 heteroatoms. The van der Waals surface area contributed by atoms with Gasteiger partial charge in [-0.2, -0.15) is 0 Å². The molecule has 0 aliphatic carbocycles. The van der Waals surface area contributed by atoms with E-state index in [1.807, 2.05) is 41.0 Å². The second-order valence-electron chi connectivity index (χ2n) is 7.39. The molecule has 0 saturated carbocycles. The van der Waals surface area contributed by atoms with Crippen LogP contribution < -0.4 is 14.8 Å². The lowest BCUT2D eigenvalue weighted by Gasteiger charge is -2.27. The van der Waals surface area contributed by atoms with E-state index in [1.54, 1.807) is 31.9 Å². The van der Waals surface area contributed by atoms with Crippen LogP contribution in [0.1, 0.15) is 21.6 Å². The van der Waals surface area contributed by atoms with Crippen LogP contribution in [0.25, 0.3) is 11.2 Å². The summed E-state index contributed by atoms with van der Waals surface area (Å²) in [6.45, 7) is 0.950. The molecule has 0 fully saturated rings. The number of fused-ring (bicyclic) bond motifs is 2. The van der Waals surface area contributed by atoms with Crippen molar-refractivity contribution in [1.82, 2.24) is 24.8 Å². The molecule has 1 N–H and O–H groups in total. The Morgan fingerprint density at radius 2 is 2.16 bits per heavy atom. The Bertz CT molecular complexity index is 1240. The van der Waals surface area contributed by atoms with Crippen LogP contribution in [-0.2, 0) is 13.0 Å². The van der Waals surface area contributed by atoms with Crippen LogP contribution >= 0.6 is 0 Å². The number of rotatable bonds is 5. The van der Waals surface area contributed by atoms with Crippen molar-refractivity contribution in [3.63, 3.8) is 0 Å². The summed E-state index contributed by atoms with van der Waals surface area (Å²) in [7, 11) is 1.62. The van der Waals surface area contributed by atoms with E-state index < -0.39 is 0 Å². The molecule has 5 rings (SSSR count). The van der Waals surface area contributed by atoms with E-state index in [4.69, 9.17) is 9.47 Å². The number of benzene rings is 1. The highest BCUT2D eigenvalue weighted by Gasteiger charge is 2.24. The SMILES string of the molecule is COc1cccc2c1OCC(NC(=O)c1cnc3c(c1)ncn3Cc1ccccn1)C2. The van der Waals surface area contributed by atoms with Crippen LogP contribution in [0.15, 0.2) is 61.2 Å². The average Bonchev–Trinajstić information content (AvgIpc) is 3.21. The maximum Gasteiger partial charge on any atom is 0.253 e. The van der Waals surface area contributed by atoms with Gasteiger partial charge in [-0.1, -0.05) is 18.2 Å². The van der Waals surface area contributed by atoms with Gasteiger partial charge in [-0.25, -0.2) is 9.97 Å². The first-order chi connectivity index (χ1) is 15.2. The maximum atomic E-state index is 12.8. The van der Waals surface area contributed by atoms with E-state index in [0.29, 0.717) is 42.0 Å². The molecule has 4 aromatic rings. The zero-order chi connectivity index (χ0) is 21.2. The van der Waals surface area contributed by atoms with Crippen LogP contribution in [0.5, 0.6) is 11.5 Å². The molecule has 0 bridgehead atoms. The first kappa shape index (κ1) is 19.0. The van der Waals surface area contributed by atoms with E-state index in [-0.39, 0.29) is 11.9 Å². The fraction of sp³-hybridized carbons (Fsp3) is 0.217. The van der Waals surface area contributed by atoms with Crippen molar-refractivity contribution < 1.29 is 14.3 Å². The minimum absolute atomic E-state index is 0.135. The average molecular weight is 415 g/mol. The molecule has 156 valence electrons. The largest absolute Gasteiger partial charge is 0.493 e. The standard InChI is InChI=1S/C23H21N5O3/c1-30-20-7-4-5-15-9-18(13-31-21(15)20)27-23(29)16-10-19-22(25-11-16)28(14-26-19)12-17-6-2-3-8-24-17/h2-8,10-11,14,18H,9,12-13H2,1H3,(H,27,29). The number of carbonyl (C=O) groups is 1. The molecule has 1 unspecified atom stereocenters. The van der Waals surface area contributed by atoms with Gasteiger partial charge in [0.1, 0.15) is 12.1 Å². The summed E-state index contributed by atoms with van der Waals surface area (Å²) < 4.78 is 13.1. The van der Waals surface area contributed by atoms with Crippen molar-refractivity contribution in [2.45, 2.75) is 19.0 Å². The number of nitrogens with one attached hydrogen (secondary N) is 1. The Morgan fingerprint density at radius 3 is 3.00 bits per heavy atom. The number of amides is 1. The Labute approximate surface area is 178 Å². The predicted octanol–water partition coefficient (Wildman–Crippen LogP) is 2.62. The number of imidazole rings is 1. The molecule has 31 heavy (non-hydrogen) atoms. The van der Waals surface area contributed by atoms with E-state index in [1.165, 1.54) is 0 Å². The lowest BCUT2D eigenvalue weighted by Crippen LogP contribution is -2.42. The van der Waals surface area contributed by atoms with Crippen LogP contribution in [0, 0.1) is 0 Å². The third-order valence-electron chi connectivity index (χ3n) is 5.29. The molecule has 0 spiro atoms. The summed E-state index contributed by atoms with van der Waals surface area (Å²) in [6, 6.07) is 13.2. The van der Waals surface area contributed by atoms with Crippen molar-refractivity contribution in [2.75, 3.05) is 13.7 Å². The van der Waals surface area contributed by atoms with Crippen LogP contribution in [0.2, 0.25) is 0 Å². The second kappa shape index (κ2) is 8.06. The summed E-state index contributed by atoms with van der Waals surface area (Å²) >= 11 is 0. The van der Waals surface area contributed by atoms with Crippen molar-refractivity contribution in [3.05, 3.63) is 78.0 Å². The van der Waals surface area contributed by atoms with E-state index in [2.05, 4.69) is 20.3 Å². The second-order valence-corrected chi connectivity index (χ2v) is 7.39. The molecular formula is C23H21N5O3. The number of para-hydroxylation sites is 1. The first-order valence-corrected chi connectivity index (χ1v) is 10.0. The number of hydrogen-bond donors (Lipinski definition) is 1. The summed E-state index contributed by atoms with van der Waals surface area (Å²) in [4.78, 5) is 26.0. The van der Waals surface area contributed by atoms with Crippen molar-refractivity contribution in [3.8, 4) is 11.5 Å². The van der Waals surface area contributed by atoms with Crippen LogP contribution in [0.4, 0.5) is 0 Å². The van der Waals surface area contributed by atoms with Gasteiger partial charge in [0.15, 0.2) is 17.1 Å². The number of hydrogen-bond acceptors (Lipinski definition) is 6. The Balaban J connectivity index is 1.30. The molecule has 3 aromatic heterocycles. The zero-order valence-corrected chi connectivity index (χ0v) is 17.0. The molecule has 0 radical (unpaired) electrons. The maximum absolute atomic E-state index is 12.8. The van der Waals surface area contributed by atoms with Gasteiger partial charge >= 0.3 is 0 Å². The monoisotopic (exact) mass is 415 g/mol. The third-order valence-corrected chi connectivity index (χ3v) is 5.29. The highest BCUT2D eigenvalue weighted by Crippen LogP contribution is 2.34. The Hall–Kier alpha value is -3.94. The van der Waals surface area contributed by atoms with Crippen molar-refractivity contribution >= 4 is 17.1 Å². The van der Waals surface area contributed by atoms with Gasteiger partial charge in [-0.15, -0.1) is 0 Å². The number of ether oxygens (including phenoxy) is 2. The summed E-state index contributed by atoms with van der Waals surface area (Å²) in [6.07, 6.45) is 5.72. The molecule has 8 nitrogen and oxygen atoms in total. The number of aromatic nitrogens is 4. The summed E-state index contributed by atoms with van der Waals surface area (Å²) in [5.41, 5.74) is 3.77. The Kier molecular flexibility index (Phi) is 4.95. The fourth-order valence-corrected chi connectivity index (χ4v) is 3.77. The van der Waals surface area contributed by atoms with E-state index in [0.717, 1.165) is 17.0 Å². The normalized spacial score (nSPS) is 15.2. The number of carbonyl (C=O) groups excluding carboxylic acids is 1. The Morgan fingerprint density at radius 1 is 1.23 bits per heavy atom. The molecule has 1 aromatic carbocycles. The lowest BCUT2D eigenvalue weighted by molar-refractivity contribution is 0.0914. The summed E-state index contributed by atoms with van der Waals surface area (Å²) in [5.74, 6) is 1.25. The fourth-order valence-electron chi connectivity index (χ4n) is 3.77.